The number of amides is 1. The number of nitrogens with zero attached hydrogens (tertiary/aromatic N) is 1. The van der Waals surface area contributed by atoms with E-state index in [0.717, 1.165) is 44.9 Å². The maximum atomic E-state index is 13.0. The van der Waals surface area contributed by atoms with Crippen molar-refractivity contribution in [3.63, 3.8) is 0 Å². The Balaban J connectivity index is 4.16. The minimum absolute atomic E-state index is 0.0553. The van der Waals surface area contributed by atoms with E-state index in [1.54, 1.807) is 6.08 Å². The Hall–Kier alpha value is -1.28. The summed E-state index contributed by atoms with van der Waals surface area (Å²) < 4.78 is 23.8. The number of unbranched alkanes of at least 4 members (excludes halogenated alkanes) is 43. The Bertz CT molecular complexity index is 1300. The van der Waals surface area contributed by atoms with E-state index >= 15 is 0 Å². The van der Waals surface area contributed by atoms with Crippen LogP contribution in [0.3, 0.4) is 0 Å². The van der Waals surface area contributed by atoms with Crippen molar-refractivity contribution in [2.45, 2.75) is 334 Å². The van der Waals surface area contributed by atoms with Gasteiger partial charge in [-0.2, -0.15) is 0 Å². The van der Waals surface area contributed by atoms with Crippen molar-refractivity contribution >= 4 is 13.7 Å². The molecule has 0 aromatic heterocycles. The van der Waals surface area contributed by atoms with Crippen LogP contribution in [0, 0.1) is 0 Å². The minimum atomic E-state index is -4.36. The van der Waals surface area contributed by atoms with Gasteiger partial charge in [-0.15, -0.1) is 0 Å². The van der Waals surface area contributed by atoms with Crippen molar-refractivity contribution < 1.29 is 32.9 Å². The second-order valence-corrected chi connectivity index (χ2v) is 24.9. The lowest BCUT2D eigenvalue weighted by atomic mass is 10.0. The van der Waals surface area contributed by atoms with Gasteiger partial charge in [0.2, 0.25) is 5.91 Å². The SMILES string of the molecule is CCCCCCCCCCCCCCCCC/C=C/CC/C=C/CC/C=C/C(O)C(COP(=O)(O)OCC[N+](C)(C)C)NC(=O)CCCCCCCCCCCCCCCCCCCCCCCCCCCCC. The molecular weight excluding hydrogens is 936 g/mol. The average Bonchev–Trinajstić information content (AvgIpc) is 3.36. The fourth-order valence-electron chi connectivity index (χ4n) is 9.78. The van der Waals surface area contributed by atoms with E-state index in [-0.39, 0.29) is 19.1 Å². The summed E-state index contributed by atoms with van der Waals surface area (Å²) in [6.45, 7) is 4.84. The molecule has 0 spiro atoms. The molecule has 3 atom stereocenters. The lowest BCUT2D eigenvalue weighted by molar-refractivity contribution is -0.870. The van der Waals surface area contributed by atoms with Crippen LogP contribution in [0.25, 0.3) is 0 Å². The predicted octanol–water partition coefficient (Wildman–Crippen LogP) is 20.1. The number of quaternary nitrogens is 1. The molecule has 3 unspecified atom stereocenters. The monoisotopic (exact) mass is 1060 g/mol. The molecule has 0 bridgehead atoms. The Labute approximate surface area is 461 Å². The largest absolute Gasteiger partial charge is 0.472 e. The van der Waals surface area contributed by atoms with Gasteiger partial charge in [-0.1, -0.05) is 307 Å². The van der Waals surface area contributed by atoms with Crippen LogP contribution in [0.5, 0.6) is 0 Å². The lowest BCUT2D eigenvalue weighted by Crippen LogP contribution is -2.45. The number of allylic oxidation sites excluding steroid dienone is 5. The number of phosphoric acid groups is 1. The molecule has 0 heterocycles. The zero-order chi connectivity index (χ0) is 54.2. The Kier molecular flexibility index (Phi) is 55.5. The number of likely N-dealkylation sites (N-methyl/N-ethyl adjacent to an activating group) is 1. The molecule has 0 aromatic carbocycles. The summed E-state index contributed by atoms with van der Waals surface area (Å²) in [6.07, 6.45) is 74.2. The molecule has 0 aliphatic heterocycles. The summed E-state index contributed by atoms with van der Waals surface area (Å²) >= 11 is 0. The van der Waals surface area contributed by atoms with Crippen LogP contribution < -0.4 is 5.32 Å². The number of carbonyl (C=O) groups excluding carboxylic acids is 1. The number of hydrogen-bond acceptors (Lipinski definition) is 5. The maximum Gasteiger partial charge on any atom is 0.472 e. The number of nitrogens with one attached hydrogen (secondary N) is 1. The highest BCUT2D eigenvalue weighted by Gasteiger charge is 2.27. The van der Waals surface area contributed by atoms with E-state index in [1.807, 2.05) is 27.2 Å². The molecule has 8 nitrogen and oxygen atoms in total. The van der Waals surface area contributed by atoms with Crippen molar-refractivity contribution in [2.75, 3.05) is 40.9 Å². The van der Waals surface area contributed by atoms with Gasteiger partial charge in [0.05, 0.1) is 39.9 Å². The zero-order valence-corrected chi connectivity index (χ0v) is 51.0. The summed E-state index contributed by atoms with van der Waals surface area (Å²) in [4.78, 5) is 23.4. The van der Waals surface area contributed by atoms with E-state index in [4.69, 9.17) is 9.05 Å². The normalized spacial score (nSPS) is 14.0. The Morgan fingerprint density at radius 1 is 0.446 bits per heavy atom. The number of phosphoric ester groups is 1. The van der Waals surface area contributed by atoms with E-state index in [9.17, 15) is 19.4 Å². The van der Waals surface area contributed by atoms with Crippen molar-refractivity contribution in [3.8, 4) is 0 Å². The molecule has 0 aromatic rings. The van der Waals surface area contributed by atoms with Gasteiger partial charge in [0.15, 0.2) is 0 Å². The van der Waals surface area contributed by atoms with Crippen LogP contribution in [0.2, 0.25) is 0 Å². The summed E-state index contributed by atoms with van der Waals surface area (Å²) in [6, 6.07) is -0.869. The highest BCUT2D eigenvalue weighted by Crippen LogP contribution is 2.43. The van der Waals surface area contributed by atoms with Gasteiger partial charge in [0, 0.05) is 6.42 Å². The first-order valence-corrected chi connectivity index (χ1v) is 33.9. The molecule has 438 valence electrons. The van der Waals surface area contributed by atoms with Crippen LogP contribution in [0.4, 0.5) is 0 Å². The Morgan fingerprint density at radius 3 is 1.08 bits per heavy atom. The van der Waals surface area contributed by atoms with Crippen LogP contribution in [0.15, 0.2) is 36.5 Å². The average molecular weight is 1060 g/mol. The first kappa shape index (κ1) is 72.7. The highest BCUT2D eigenvalue weighted by molar-refractivity contribution is 7.47. The van der Waals surface area contributed by atoms with E-state index in [1.165, 1.54) is 257 Å². The molecule has 3 N–H and O–H groups in total. The first-order chi connectivity index (χ1) is 36.0. The molecule has 0 aliphatic rings. The number of aliphatic hydroxyl groups excluding tert-OH is 1. The fourth-order valence-corrected chi connectivity index (χ4v) is 10.5. The van der Waals surface area contributed by atoms with Gasteiger partial charge in [0.25, 0.3) is 0 Å². The van der Waals surface area contributed by atoms with E-state index in [2.05, 4.69) is 43.5 Å². The second kappa shape index (κ2) is 56.4. The molecule has 74 heavy (non-hydrogen) atoms. The van der Waals surface area contributed by atoms with E-state index < -0.39 is 20.0 Å². The number of carbonyl (C=O) groups is 1. The third-order valence-corrected chi connectivity index (χ3v) is 15.8. The number of rotatable bonds is 60. The second-order valence-electron chi connectivity index (χ2n) is 23.5. The molecule has 0 radical (unpaired) electrons. The van der Waals surface area contributed by atoms with Gasteiger partial charge in [-0.25, -0.2) is 4.57 Å². The number of aliphatic hydroxyl groups is 1. The molecule has 1 amide bonds. The van der Waals surface area contributed by atoms with Crippen LogP contribution in [-0.2, 0) is 18.4 Å². The van der Waals surface area contributed by atoms with Crippen molar-refractivity contribution in [3.05, 3.63) is 36.5 Å². The van der Waals surface area contributed by atoms with Crippen LogP contribution >= 0.6 is 7.82 Å². The molecule has 9 heteroatoms. The summed E-state index contributed by atoms with van der Waals surface area (Å²) in [5.41, 5.74) is 0. The molecule has 0 saturated heterocycles. The maximum absolute atomic E-state index is 13.0. The van der Waals surface area contributed by atoms with Gasteiger partial charge in [-0.05, 0) is 44.9 Å². The van der Waals surface area contributed by atoms with Gasteiger partial charge in [-0.3, -0.25) is 13.8 Å². The third-order valence-electron chi connectivity index (χ3n) is 14.8. The minimum Gasteiger partial charge on any atom is -0.387 e. The third kappa shape index (κ3) is 58.4. The van der Waals surface area contributed by atoms with Gasteiger partial charge in [0.1, 0.15) is 13.2 Å². The predicted molar refractivity (Wildman–Crippen MR) is 323 cm³/mol. The molecule has 0 rings (SSSR count). The fraction of sp³-hybridized carbons (Fsp3) is 0.892. The van der Waals surface area contributed by atoms with Crippen LogP contribution in [0.1, 0.15) is 322 Å². The molecule has 0 aliphatic carbocycles. The van der Waals surface area contributed by atoms with Crippen molar-refractivity contribution in [1.29, 1.82) is 0 Å². The smallest absolute Gasteiger partial charge is 0.387 e. The highest BCUT2D eigenvalue weighted by atomic mass is 31.2. The van der Waals surface area contributed by atoms with Crippen molar-refractivity contribution in [1.82, 2.24) is 5.32 Å². The van der Waals surface area contributed by atoms with Crippen molar-refractivity contribution in [2.24, 2.45) is 0 Å². The Morgan fingerprint density at radius 2 is 0.743 bits per heavy atom. The van der Waals surface area contributed by atoms with Crippen LogP contribution in [-0.4, -0.2) is 73.4 Å². The van der Waals surface area contributed by atoms with E-state index in [0.29, 0.717) is 17.4 Å². The number of hydrogen-bond donors (Lipinski definition) is 3. The lowest BCUT2D eigenvalue weighted by Gasteiger charge is -2.25. The molecule has 0 saturated carbocycles. The molecular formula is C65H128N2O6P+. The first-order valence-electron chi connectivity index (χ1n) is 32.4. The zero-order valence-electron chi connectivity index (χ0n) is 50.1. The summed E-state index contributed by atoms with van der Waals surface area (Å²) in [5.74, 6) is -0.184. The van der Waals surface area contributed by atoms with Gasteiger partial charge < -0.3 is 19.8 Å². The summed E-state index contributed by atoms with van der Waals surface area (Å²) in [7, 11) is 1.56. The quantitative estimate of drug-likeness (QED) is 0.0243. The molecule has 0 fully saturated rings. The standard InChI is InChI=1S/C65H127N2O6P/c1-6-8-10-12-14-16-18-20-22-24-26-28-30-32-33-35-37-39-41-43-45-47-49-51-53-55-57-59-65(69)66-63(62-73-74(70,71)72-61-60-67(3,4)5)64(68)58-56-54-52-50-48-46-44-42-40-38-36-34-31-29-27-25-23-21-19-17-15-13-11-9-7-2/h40,42,48,50,56,58,63-64,68H,6-39,41,43-47,49,51-55,57,59-62H2,1-5H3,(H-,66,69,70,71)/p+1/b42-40+,50-48+,58-56+. The van der Waals surface area contributed by atoms with Gasteiger partial charge >= 0.3 is 7.82 Å². The topological polar surface area (TPSA) is 105 Å². The summed E-state index contributed by atoms with van der Waals surface area (Å²) in [5, 5.41) is 14.0.